The lowest BCUT2D eigenvalue weighted by Gasteiger charge is -2.09. The molecule has 0 saturated carbocycles. The first-order valence-electron chi connectivity index (χ1n) is 8.57. The third-order valence-corrected chi connectivity index (χ3v) is 4.61. The van der Waals surface area contributed by atoms with Gasteiger partial charge in [0.05, 0.1) is 11.6 Å². The Bertz CT molecular complexity index is 1030. The van der Waals surface area contributed by atoms with Crippen LogP contribution in [0.15, 0.2) is 42.5 Å². The summed E-state index contributed by atoms with van der Waals surface area (Å²) in [5.74, 6) is -2.86. The predicted molar refractivity (Wildman–Crippen MR) is 104 cm³/mol. The van der Waals surface area contributed by atoms with Crippen molar-refractivity contribution < 1.29 is 27.8 Å². The zero-order valence-electron chi connectivity index (χ0n) is 15.5. The first-order chi connectivity index (χ1) is 13.9. The molecule has 0 unspecified atom stereocenters. The van der Waals surface area contributed by atoms with Crippen LogP contribution in [0.4, 0.5) is 14.5 Å². The number of hydrogen-bond donors (Lipinski definition) is 1. The zero-order chi connectivity index (χ0) is 21.0. The summed E-state index contributed by atoms with van der Waals surface area (Å²) in [6, 6.07) is 9.23. The summed E-state index contributed by atoms with van der Waals surface area (Å²) < 4.78 is 38.0. The second kappa shape index (κ2) is 8.78. The normalized spacial score (nSPS) is 10.5. The molecule has 0 aliphatic carbocycles. The lowest BCUT2D eigenvalue weighted by molar-refractivity contribution is 0.0529. The number of nitrogens with one attached hydrogen (secondary N) is 1. The van der Waals surface area contributed by atoms with Crippen LogP contribution in [-0.2, 0) is 4.74 Å². The van der Waals surface area contributed by atoms with Gasteiger partial charge in [-0.2, -0.15) is 0 Å². The maximum atomic E-state index is 13.7. The molecule has 150 valence electrons. The van der Waals surface area contributed by atoms with Gasteiger partial charge in [0.1, 0.15) is 22.9 Å². The third-order valence-electron chi connectivity index (χ3n) is 3.68. The van der Waals surface area contributed by atoms with E-state index < -0.39 is 29.1 Å². The van der Waals surface area contributed by atoms with E-state index in [0.29, 0.717) is 16.4 Å². The highest BCUT2D eigenvalue weighted by atomic mass is 32.1. The molecule has 1 heterocycles. The first-order valence-corrected chi connectivity index (χ1v) is 9.38. The second-order valence-corrected chi connectivity index (χ2v) is 6.97. The molecule has 0 aliphatic heterocycles. The van der Waals surface area contributed by atoms with Crippen LogP contribution in [0.2, 0.25) is 0 Å². The monoisotopic (exact) mass is 418 g/mol. The Morgan fingerprint density at radius 3 is 2.38 bits per heavy atom. The van der Waals surface area contributed by atoms with E-state index in [-0.39, 0.29) is 17.4 Å². The zero-order valence-corrected chi connectivity index (χ0v) is 16.3. The third kappa shape index (κ3) is 4.75. The number of amides is 1. The van der Waals surface area contributed by atoms with Crippen LogP contribution >= 0.6 is 11.3 Å². The van der Waals surface area contributed by atoms with E-state index in [1.54, 1.807) is 13.8 Å². The number of aromatic nitrogens is 1. The van der Waals surface area contributed by atoms with Crippen molar-refractivity contribution in [2.24, 2.45) is 0 Å². The molecule has 0 radical (unpaired) electrons. The lowest BCUT2D eigenvalue weighted by Crippen LogP contribution is -2.15. The Labute approximate surface area is 169 Å². The molecule has 1 N–H and O–H groups in total. The summed E-state index contributed by atoms with van der Waals surface area (Å²) in [5.41, 5.74) is -0.352. The Morgan fingerprint density at radius 1 is 1.10 bits per heavy atom. The van der Waals surface area contributed by atoms with Gasteiger partial charge in [0, 0.05) is 5.69 Å². The molecule has 0 aliphatic rings. The molecule has 6 nitrogen and oxygen atoms in total. The highest BCUT2D eigenvalue weighted by Gasteiger charge is 2.20. The van der Waals surface area contributed by atoms with Crippen LogP contribution in [-0.4, -0.2) is 23.5 Å². The number of nitrogens with zero attached hydrogens (tertiary/aromatic N) is 1. The van der Waals surface area contributed by atoms with Gasteiger partial charge < -0.3 is 14.8 Å². The van der Waals surface area contributed by atoms with Crippen LogP contribution in [0.25, 0.3) is 0 Å². The van der Waals surface area contributed by atoms with Gasteiger partial charge in [0.15, 0.2) is 4.88 Å². The van der Waals surface area contributed by atoms with E-state index in [4.69, 9.17) is 9.47 Å². The molecular weight excluding hydrogens is 402 g/mol. The average Bonchev–Trinajstić information content (AvgIpc) is 3.04. The summed E-state index contributed by atoms with van der Waals surface area (Å²) in [6.07, 6.45) is 0. The van der Waals surface area contributed by atoms with Gasteiger partial charge in [-0.25, -0.2) is 18.6 Å². The summed E-state index contributed by atoms with van der Waals surface area (Å²) in [6.45, 7) is 3.67. The number of carbonyl (C=O) groups is 2. The summed E-state index contributed by atoms with van der Waals surface area (Å²) in [7, 11) is 0. The molecule has 3 rings (SSSR count). The molecule has 0 saturated heterocycles. The van der Waals surface area contributed by atoms with Gasteiger partial charge in [-0.15, -0.1) is 11.3 Å². The van der Waals surface area contributed by atoms with E-state index in [0.717, 1.165) is 23.5 Å². The Morgan fingerprint density at radius 2 is 1.76 bits per heavy atom. The van der Waals surface area contributed by atoms with E-state index in [1.165, 1.54) is 30.3 Å². The Hall–Kier alpha value is -3.33. The number of hydrogen-bond acceptors (Lipinski definition) is 6. The Kier molecular flexibility index (Phi) is 6.18. The van der Waals surface area contributed by atoms with Crippen molar-refractivity contribution in [3.63, 3.8) is 0 Å². The van der Waals surface area contributed by atoms with Crippen molar-refractivity contribution in [2.75, 3.05) is 11.9 Å². The quantitative estimate of drug-likeness (QED) is 0.573. The topological polar surface area (TPSA) is 77.5 Å². The van der Waals surface area contributed by atoms with Gasteiger partial charge in [0.2, 0.25) is 5.88 Å². The lowest BCUT2D eigenvalue weighted by atomic mass is 10.2. The molecule has 0 atom stereocenters. The standard InChI is InChI=1S/C20H16F2N2O4S/c1-3-27-20(26)17-19(23-11(2)29-17)28-13-9-7-12(8-10-13)24-18(25)16-14(21)5-4-6-15(16)22/h4-10H,3H2,1-2H3,(H,24,25). The van der Waals surface area contributed by atoms with Gasteiger partial charge >= 0.3 is 5.97 Å². The van der Waals surface area contributed by atoms with E-state index in [1.807, 2.05) is 0 Å². The smallest absolute Gasteiger partial charge is 0.354 e. The minimum absolute atomic E-state index is 0.121. The molecule has 0 fully saturated rings. The molecule has 0 spiro atoms. The van der Waals surface area contributed by atoms with Crippen LogP contribution in [0.3, 0.4) is 0 Å². The highest BCUT2D eigenvalue weighted by Crippen LogP contribution is 2.30. The fraction of sp³-hybridized carbons (Fsp3) is 0.150. The van der Waals surface area contributed by atoms with Gasteiger partial charge in [-0.1, -0.05) is 6.07 Å². The minimum atomic E-state index is -0.951. The number of carbonyl (C=O) groups excluding carboxylic acids is 2. The fourth-order valence-electron chi connectivity index (χ4n) is 2.43. The minimum Gasteiger partial charge on any atom is -0.462 e. The largest absolute Gasteiger partial charge is 0.462 e. The Balaban J connectivity index is 1.73. The summed E-state index contributed by atoms with van der Waals surface area (Å²) in [5, 5.41) is 3.06. The SMILES string of the molecule is CCOC(=O)c1sc(C)nc1Oc1ccc(NC(=O)c2c(F)cccc2F)cc1. The van der Waals surface area contributed by atoms with Crippen molar-refractivity contribution >= 4 is 28.9 Å². The molecule has 3 aromatic rings. The molecular formula is C20H16F2N2O4S. The summed E-state index contributed by atoms with van der Waals surface area (Å²) >= 11 is 1.15. The molecule has 2 aromatic carbocycles. The molecule has 29 heavy (non-hydrogen) atoms. The number of benzene rings is 2. The number of aryl methyl sites for hydroxylation is 1. The van der Waals surface area contributed by atoms with Gasteiger partial charge in [-0.3, -0.25) is 4.79 Å². The van der Waals surface area contributed by atoms with Crippen LogP contribution in [0.1, 0.15) is 32.0 Å². The second-order valence-electron chi connectivity index (χ2n) is 5.76. The highest BCUT2D eigenvalue weighted by molar-refractivity contribution is 7.13. The fourth-order valence-corrected chi connectivity index (χ4v) is 3.17. The maximum Gasteiger partial charge on any atom is 0.354 e. The molecule has 1 aromatic heterocycles. The predicted octanol–water partition coefficient (Wildman–Crippen LogP) is 4.95. The number of halogens is 2. The summed E-state index contributed by atoms with van der Waals surface area (Å²) in [4.78, 5) is 28.6. The van der Waals surface area contributed by atoms with Gasteiger partial charge in [-0.05, 0) is 50.2 Å². The number of anilines is 1. The van der Waals surface area contributed by atoms with Crippen molar-refractivity contribution in [1.82, 2.24) is 4.98 Å². The van der Waals surface area contributed by atoms with E-state index in [2.05, 4.69) is 10.3 Å². The van der Waals surface area contributed by atoms with Crippen molar-refractivity contribution in [3.05, 3.63) is 69.5 Å². The van der Waals surface area contributed by atoms with Crippen molar-refractivity contribution in [2.45, 2.75) is 13.8 Å². The van der Waals surface area contributed by atoms with E-state index >= 15 is 0 Å². The van der Waals surface area contributed by atoms with Crippen LogP contribution in [0, 0.1) is 18.6 Å². The molecule has 0 bridgehead atoms. The number of esters is 1. The molecule has 1 amide bonds. The van der Waals surface area contributed by atoms with Gasteiger partial charge in [0.25, 0.3) is 5.91 Å². The number of thiazole rings is 1. The van der Waals surface area contributed by atoms with Crippen molar-refractivity contribution in [3.8, 4) is 11.6 Å². The maximum absolute atomic E-state index is 13.7. The number of ether oxygens (including phenoxy) is 2. The van der Waals surface area contributed by atoms with E-state index in [9.17, 15) is 18.4 Å². The number of rotatable bonds is 6. The first kappa shape index (κ1) is 20.4. The van der Waals surface area contributed by atoms with Crippen molar-refractivity contribution in [1.29, 1.82) is 0 Å². The molecule has 9 heteroatoms. The average molecular weight is 418 g/mol. The van der Waals surface area contributed by atoms with Crippen LogP contribution < -0.4 is 10.1 Å². The van der Waals surface area contributed by atoms with Crippen LogP contribution in [0.5, 0.6) is 11.6 Å².